The number of aromatic nitrogens is 1. The zero-order valence-corrected chi connectivity index (χ0v) is 11.6. The van der Waals surface area contributed by atoms with Gasteiger partial charge in [0.25, 0.3) is 0 Å². The summed E-state index contributed by atoms with van der Waals surface area (Å²) in [5.74, 6) is 1.38. The van der Waals surface area contributed by atoms with Crippen LogP contribution < -0.4 is 9.47 Å². The van der Waals surface area contributed by atoms with Gasteiger partial charge in [-0.25, -0.2) is 0 Å². The van der Waals surface area contributed by atoms with Crippen LogP contribution in [0.15, 0.2) is 54.7 Å². The Hall–Kier alpha value is -2.75. The molecule has 0 spiro atoms. The Labute approximate surface area is 122 Å². The molecule has 0 unspecified atom stereocenters. The lowest BCUT2D eigenvalue weighted by molar-refractivity contribution is 0.0917. The summed E-state index contributed by atoms with van der Waals surface area (Å²) >= 11 is 0. The zero-order valence-electron chi connectivity index (χ0n) is 11.6. The number of methoxy groups -OCH3 is 1. The molecule has 0 aliphatic carbocycles. The highest BCUT2D eigenvalue weighted by Crippen LogP contribution is 2.25. The number of ether oxygens (including phenoxy) is 2. The molecule has 2 aromatic carbocycles. The largest absolute Gasteiger partial charge is 0.497 e. The topological polar surface area (TPSA) is 51.3 Å². The molecule has 0 amide bonds. The molecule has 106 valence electrons. The van der Waals surface area contributed by atoms with E-state index in [0.29, 0.717) is 11.4 Å². The number of hydrogen-bond acceptors (Lipinski definition) is 3. The van der Waals surface area contributed by atoms with E-state index in [-0.39, 0.29) is 12.4 Å². The lowest BCUT2D eigenvalue weighted by atomic mass is 10.1. The molecule has 3 aromatic rings. The number of hydrogen-bond donors (Lipinski definition) is 1. The maximum Gasteiger partial charge on any atom is 0.216 e. The fourth-order valence-corrected chi connectivity index (χ4v) is 2.15. The van der Waals surface area contributed by atoms with Crippen molar-refractivity contribution in [3.8, 4) is 11.5 Å². The van der Waals surface area contributed by atoms with E-state index in [1.807, 2.05) is 36.4 Å². The standard InChI is InChI=1S/C17H15NO3/c1-20-14-6-4-12-5-7-15(10-13(12)9-14)21-11-17(19)16-3-2-8-18-16/h2-10,18H,11H2,1H3. The number of nitrogens with one attached hydrogen (secondary N) is 1. The molecule has 0 bridgehead atoms. The molecule has 21 heavy (non-hydrogen) atoms. The monoisotopic (exact) mass is 281 g/mol. The molecular formula is C17H15NO3. The molecular weight excluding hydrogens is 266 g/mol. The van der Waals surface area contributed by atoms with E-state index in [2.05, 4.69) is 4.98 Å². The van der Waals surface area contributed by atoms with Crippen LogP contribution in [0.3, 0.4) is 0 Å². The van der Waals surface area contributed by atoms with Crippen molar-refractivity contribution in [1.29, 1.82) is 0 Å². The van der Waals surface area contributed by atoms with Gasteiger partial charge < -0.3 is 14.5 Å². The summed E-state index contributed by atoms with van der Waals surface area (Å²) in [6.07, 6.45) is 1.72. The first-order valence-electron chi connectivity index (χ1n) is 6.63. The summed E-state index contributed by atoms with van der Waals surface area (Å²) in [6, 6.07) is 15.1. The van der Waals surface area contributed by atoms with Crippen LogP contribution in [0.4, 0.5) is 0 Å². The van der Waals surface area contributed by atoms with Crippen LogP contribution >= 0.6 is 0 Å². The van der Waals surface area contributed by atoms with Crippen molar-refractivity contribution in [3.63, 3.8) is 0 Å². The average Bonchev–Trinajstić information content (AvgIpc) is 3.06. The van der Waals surface area contributed by atoms with Crippen molar-refractivity contribution >= 4 is 16.6 Å². The van der Waals surface area contributed by atoms with E-state index < -0.39 is 0 Å². The van der Waals surface area contributed by atoms with Gasteiger partial charge in [-0.2, -0.15) is 0 Å². The average molecular weight is 281 g/mol. The van der Waals surface area contributed by atoms with Crippen molar-refractivity contribution in [2.45, 2.75) is 0 Å². The fourth-order valence-electron chi connectivity index (χ4n) is 2.15. The van der Waals surface area contributed by atoms with E-state index in [1.165, 1.54) is 0 Å². The lowest BCUT2D eigenvalue weighted by Gasteiger charge is -2.07. The third-order valence-electron chi connectivity index (χ3n) is 3.29. The normalized spacial score (nSPS) is 10.5. The molecule has 0 fully saturated rings. The van der Waals surface area contributed by atoms with Gasteiger partial charge in [-0.1, -0.05) is 12.1 Å². The molecule has 1 N–H and O–H groups in total. The molecule has 3 rings (SSSR count). The Kier molecular flexibility index (Phi) is 3.60. The number of benzene rings is 2. The van der Waals surface area contributed by atoms with Crippen LogP contribution in [0, 0.1) is 0 Å². The van der Waals surface area contributed by atoms with Crippen LogP contribution in [0.25, 0.3) is 10.8 Å². The van der Waals surface area contributed by atoms with Crippen molar-refractivity contribution < 1.29 is 14.3 Å². The van der Waals surface area contributed by atoms with Gasteiger partial charge in [-0.3, -0.25) is 4.79 Å². The molecule has 1 heterocycles. The second-order valence-electron chi connectivity index (χ2n) is 4.67. The van der Waals surface area contributed by atoms with Gasteiger partial charge >= 0.3 is 0 Å². The molecule has 0 atom stereocenters. The summed E-state index contributed by atoms with van der Waals surface area (Å²) < 4.78 is 10.8. The van der Waals surface area contributed by atoms with E-state index >= 15 is 0 Å². The van der Waals surface area contributed by atoms with Crippen molar-refractivity contribution in [2.24, 2.45) is 0 Å². The van der Waals surface area contributed by atoms with E-state index in [4.69, 9.17) is 9.47 Å². The molecule has 1 aromatic heterocycles. The molecule has 4 heteroatoms. The predicted molar refractivity (Wildman–Crippen MR) is 81.1 cm³/mol. The van der Waals surface area contributed by atoms with Crippen LogP contribution in [-0.4, -0.2) is 24.5 Å². The number of ketones is 1. The SMILES string of the molecule is COc1ccc2ccc(OCC(=O)c3ccc[nH]3)cc2c1. The number of rotatable bonds is 5. The van der Waals surface area contributed by atoms with Gasteiger partial charge in [0.2, 0.25) is 5.78 Å². The van der Waals surface area contributed by atoms with Crippen LogP contribution in [0.1, 0.15) is 10.5 Å². The van der Waals surface area contributed by atoms with E-state index in [0.717, 1.165) is 16.5 Å². The van der Waals surface area contributed by atoms with Gasteiger partial charge in [0.05, 0.1) is 12.8 Å². The summed E-state index contributed by atoms with van der Waals surface area (Å²) in [4.78, 5) is 14.7. The van der Waals surface area contributed by atoms with Crippen LogP contribution in [0.2, 0.25) is 0 Å². The molecule has 0 saturated heterocycles. The summed E-state index contributed by atoms with van der Waals surface area (Å²) in [6.45, 7) is 0.00991. The summed E-state index contributed by atoms with van der Waals surface area (Å²) in [5.41, 5.74) is 0.553. The third-order valence-corrected chi connectivity index (χ3v) is 3.29. The zero-order chi connectivity index (χ0) is 14.7. The van der Waals surface area contributed by atoms with Gasteiger partial charge in [0.15, 0.2) is 6.61 Å². The van der Waals surface area contributed by atoms with Gasteiger partial charge in [0, 0.05) is 6.20 Å². The second-order valence-corrected chi connectivity index (χ2v) is 4.67. The third kappa shape index (κ3) is 2.89. The van der Waals surface area contributed by atoms with Crippen LogP contribution in [0.5, 0.6) is 11.5 Å². The number of carbonyl (C=O) groups is 1. The number of fused-ring (bicyclic) bond motifs is 1. The first kappa shape index (κ1) is 13.2. The van der Waals surface area contributed by atoms with E-state index in [9.17, 15) is 4.79 Å². The Morgan fingerprint density at radius 3 is 2.52 bits per heavy atom. The maximum atomic E-state index is 11.9. The minimum Gasteiger partial charge on any atom is -0.497 e. The number of H-pyrrole nitrogens is 1. The Balaban J connectivity index is 1.76. The molecule has 0 radical (unpaired) electrons. The minimum absolute atomic E-state index is 0.00991. The fraction of sp³-hybridized carbons (Fsp3) is 0.118. The molecule has 0 saturated carbocycles. The predicted octanol–water partition coefficient (Wildman–Crippen LogP) is 3.44. The van der Waals surface area contributed by atoms with Crippen molar-refractivity contribution in [2.75, 3.05) is 13.7 Å². The maximum absolute atomic E-state index is 11.9. The molecule has 4 nitrogen and oxygen atoms in total. The highest BCUT2D eigenvalue weighted by atomic mass is 16.5. The highest BCUT2D eigenvalue weighted by molar-refractivity contribution is 5.95. The Bertz CT molecular complexity index is 763. The second kappa shape index (κ2) is 5.71. The van der Waals surface area contributed by atoms with Crippen LogP contribution in [-0.2, 0) is 0 Å². The first-order valence-corrected chi connectivity index (χ1v) is 6.63. The smallest absolute Gasteiger partial charge is 0.216 e. The quantitative estimate of drug-likeness (QED) is 0.729. The number of aromatic amines is 1. The van der Waals surface area contributed by atoms with Crippen molar-refractivity contribution in [1.82, 2.24) is 4.98 Å². The lowest BCUT2D eigenvalue weighted by Crippen LogP contribution is -2.11. The summed E-state index contributed by atoms with van der Waals surface area (Å²) in [7, 11) is 1.64. The molecule has 0 aliphatic rings. The van der Waals surface area contributed by atoms with Crippen molar-refractivity contribution in [3.05, 3.63) is 60.4 Å². The van der Waals surface area contributed by atoms with Gasteiger partial charge in [-0.05, 0) is 47.2 Å². The molecule has 0 aliphatic heterocycles. The number of carbonyl (C=O) groups excluding carboxylic acids is 1. The van der Waals surface area contributed by atoms with Gasteiger partial charge in [-0.15, -0.1) is 0 Å². The van der Waals surface area contributed by atoms with E-state index in [1.54, 1.807) is 25.4 Å². The highest BCUT2D eigenvalue weighted by Gasteiger charge is 2.07. The van der Waals surface area contributed by atoms with Gasteiger partial charge in [0.1, 0.15) is 11.5 Å². The Morgan fingerprint density at radius 2 is 1.81 bits per heavy atom. The number of Topliss-reactive ketones (excluding diaryl/α,β-unsaturated/α-hetero) is 1. The minimum atomic E-state index is -0.0780. The first-order chi connectivity index (χ1) is 10.3. The summed E-state index contributed by atoms with van der Waals surface area (Å²) in [5, 5.41) is 2.11. The Morgan fingerprint density at radius 1 is 1.05 bits per heavy atom.